The van der Waals surface area contributed by atoms with Crippen LogP contribution in [0.3, 0.4) is 0 Å². The Morgan fingerprint density at radius 1 is 1.60 bits per heavy atom. The summed E-state index contributed by atoms with van der Waals surface area (Å²) in [5.74, 6) is -2.54. The zero-order chi connectivity index (χ0) is 11.6. The molecule has 1 atom stereocenters. The summed E-state index contributed by atoms with van der Waals surface area (Å²) in [6.45, 7) is 0. The summed E-state index contributed by atoms with van der Waals surface area (Å²) in [6, 6.07) is 0. The molecule has 0 spiro atoms. The van der Waals surface area contributed by atoms with Crippen molar-refractivity contribution in [1.29, 1.82) is 0 Å². The summed E-state index contributed by atoms with van der Waals surface area (Å²) >= 11 is 2.92. The Kier molecular flexibility index (Phi) is 3.38. The van der Waals surface area contributed by atoms with Gasteiger partial charge in [0.15, 0.2) is 0 Å². The number of hydrogen-bond donors (Lipinski definition) is 0. The Bertz CT molecular complexity index is 323. The third-order valence-corrected chi connectivity index (χ3v) is 1.95. The first-order valence-corrected chi connectivity index (χ1v) is 4.72. The molecular formula is C7H4BrF3O4. The molecule has 1 unspecified atom stereocenters. The van der Waals surface area contributed by atoms with E-state index < -0.39 is 24.2 Å². The molecule has 0 aromatic heterocycles. The molecule has 0 radical (unpaired) electrons. The van der Waals surface area contributed by atoms with Crippen molar-refractivity contribution in [2.24, 2.45) is 0 Å². The van der Waals surface area contributed by atoms with E-state index in [0.717, 1.165) is 6.08 Å². The van der Waals surface area contributed by atoms with Gasteiger partial charge in [0, 0.05) is 6.08 Å². The van der Waals surface area contributed by atoms with Crippen LogP contribution >= 0.6 is 15.9 Å². The van der Waals surface area contributed by atoms with Gasteiger partial charge in [-0.25, -0.2) is 4.79 Å². The topological polar surface area (TPSA) is 52.6 Å². The number of carbonyl (C=O) groups excluding carboxylic acids is 2. The lowest BCUT2D eigenvalue weighted by molar-refractivity contribution is -0.308. The lowest BCUT2D eigenvalue weighted by atomic mass is 10.2. The van der Waals surface area contributed by atoms with Crippen molar-refractivity contribution in [2.45, 2.75) is 12.5 Å². The molecule has 0 amide bonds. The zero-order valence-electron chi connectivity index (χ0n) is 7.01. The number of allylic oxidation sites excluding steroid dienone is 1. The predicted molar refractivity (Wildman–Crippen MR) is 43.9 cm³/mol. The third kappa shape index (κ3) is 3.22. The van der Waals surface area contributed by atoms with Gasteiger partial charge in [-0.2, -0.15) is 0 Å². The summed E-state index contributed by atoms with van der Waals surface area (Å²) in [5, 5.41) is 0.133. The molecule has 0 aromatic rings. The summed E-state index contributed by atoms with van der Waals surface area (Å²) in [6.07, 6.45) is -6.02. The Morgan fingerprint density at radius 3 is 2.60 bits per heavy atom. The van der Waals surface area contributed by atoms with Gasteiger partial charge in [-0.15, -0.1) is 13.2 Å². The van der Waals surface area contributed by atoms with Gasteiger partial charge < -0.3 is 9.47 Å². The fraction of sp³-hybridized carbons (Fsp3) is 0.429. The van der Waals surface area contributed by atoms with Crippen molar-refractivity contribution in [2.75, 3.05) is 5.33 Å². The number of halogens is 4. The molecule has 4 nitrogen and oxygen atoms in total. The number of rotatable bonds is 2. The number of carbonyl (C=O) groups is 2. The molecule has 1 rings (SSSR count). The molecule has 1 aliphatic rings. The highest BCUT2D eigenvalue weighted by Gasteiger charge is 2.42. The highest BCUT2D eigenvalue weighted by atomic mass is 79.9. The second kappa shape index (κ2) is 4.21. The Morgan fingerprint density at radius 2 is 2.20 bits per heavy atom. The van der Waals surface area contributed by atoms with Crippen molar-refractivity contribution < 1.29 is 32.2 Å². The van der Waals surface area contributed by atoms with Crippen molar-refractivity contribution in [3.05, 3.63) is 11.8 Å². The molecule has 8 heteroatoms. The lowest BCUT2D eigenvalue weighted by Crippen LogP contribution is -2.33. The maximum absolute atomic E-state index is 11.6. The average molecular weight is 289 g/mol. The predicted octanol–water partition coefficient (Wildman–Crippen LogP) is 1.30. The summed E-state index contributed by atoms with van der Waals surface area (Å²) < 4.78 is 42.6. The van der Waals surface area contributed by atoms with E-state index in [-0.39, 0.29) is 11.1 Å². The molecule has 0 fully saturated rings. The Balaban J connectivity index is 2.62. The van der Waals surface area contributed by atoms with E-state index in [2.05, 4.69) is 25.4 Å². The Labute approximate surface area is 90.1 Å². The maximum Gasteiger partial charge on any atom is 0.575 e. The van der Waals surface area contributed by atoms with Crippen molar-refractivity contribution in [3.63, 3.8) is 0 Å². The standard InChI is InChI=1S/C7H4BrF3O4/c8-2-3-1-4(12)5(14-3)6(13)15-7(9,10)11/h1,5H,2H2. The smallest absolute Gasteiger partial charge is 0.474 e. The van der Waals surface area contributed by atoms with E-state index in [9.17, 15) is 22.8 Å². The van der Waals surface area contributed by atoms with E-state index >= 15 is 0 Å². The van der Waals surface area contributed by atoms with Crippen LogP contribution in [-0.2, 0) is 19.1 Å². The summed E-state index contributed by atoms with van der Waals surface area (Å²) in [4.78, 5) is 21.8. The van der Waals surface area contributed by atoms with Gasteiger partial charge in [-0.1, -0.05) is 15.9 Å². The average Bonchev–Trinajstić information content (AvgIpc) is 2.43. The molecule has 0 saturated heterocycles. The molecule has 15 heavy (non-hydrogen) atoms. The van der Waals surface area contributed by atoms with E-state index in [4.69, 9.17) is 0 Å². The first-order chi connectivity index (χ1) is 6.83. The minimum absolute atomic E-state index is 0.0872. The van der Waals surface area contributed by atoms with Gasteiger partial charge in [0.1, 0.15) is 5.76 Å². The van der Waals surface area contributed by atoms with Crippen LogP contribution < -0.4 is 0 Å². The van der Waals surface area contributed by atoms with Crippen LogP contribution in [0, 0.1) is 0 Å². The van der Waals surface area contributed by atoms with Crippen LogP contribution in [-0.4, -0.2) is 29.5 Å². The van der Waals surface area contributed by atoms with Crippen molar-refractivity contribution in [1.82, 2.24) is 0 Å². The van der Waals surface area contributed by atoms with Crippen LogP contribution in [0.15, 0.2) is 11.8 Å². The third-order valence-electron chi connectivity index (χ3n) is 1.39. The largest absolute Gasteiger partial charge is 0.575 e. The Hall–Kier alpha value is -1.05. The fourth-order valence-electron chi connectivity index (χ4n) is 0.880. The van der Waals surface area contributed by atoms with Gasteiger partial charge in [0.2, 0.25) is 5.78 Å². The second-order valence-corrected chi connectivity index (χ2v) is 3.07. The van der Waals surface area contributed by atoms with E-state index in [1.165, 1.54) is 0 Å². The SMILES string of the molecule is O=C1C=C(CBr)OC1C(=O)OC(F)(F)F. The first-order valence-electron chi connectivity index (χ1n) is 3.60. The van der Waals surface area contributed by atoms with E-state index in [0.29, 0.717) is 0 Å². The molecule has 0 bridgehead atoms. The number of esters is 1. The van der Waals surface area contributed by atoms with Gasteiger partial charge in [-0.3, -0.25) is 4.79 Å². The molecule has 0 saturated carbocycles. The first kappa shape index (κ1) is 12.0. The highest BCUT2D eigenvalue weighted by molar-refractivity contribution is 9.09. The van der Waals surface area contributed by atoms with Crippen LogP contribution in [0.25, 0.3) is 0 Å². The van der Waals surface area contributed by atoms with Crippen molar-refractivity contribution in [3.8, 4) is 0 Å². The quantitative estimate of drug-likeness (QED) is 0.437. The van der Waals surface area contributed by atoms with Crippen LogP contribution in [0.5, 0.6) is 0 Å². The number of ether oxygens (including phenoxy) is 2. The lowest BCUT2D eigenvalue weighted by Gasteiger charge is -2.11. The monoisotopic (exact) mass is 288 g/mol. The summed E-state index contributed by atoms with van der Waals surface area (Å²) in [7, 11) is 0. The normalized spacial score (nSPS) is 20.9. The van der Waals surface area contributed by atoms with Gasteiger partial charge >= 0.3 is 12.3 Å². The molecule has 1 heterocycles. The van der Waals surface area contributed by atoms with E-state index in [1.807, 2.05) is 0 Å². The van der Waals surface area contributed by atoms with Crippen molar-refractivity contribution >= 4 is 27.7 Å². The molecule has 0 aliphatic carbocycles. The fourth-order valence-corrected chi connectivity index (χ4v) is 1.17. The second-order valence-electron chi connectivity index (χ2n) is 2.51. The minimum Gasteiger partial charge on any atom is -0.474 e. The van der Waals surface area contributed by atoms with Crippen LogP contribution in [0.2, 0.25) is 0 Å². The zero-order valence-corrected chi connectivity index (χ0v) is 8.59. The molecule has 0 N–H and O–H groups in total. The minimum atomic E-state index is -5.11. The highest BCUT2D eigenvalue weighted by Crippen LogP contribution is 2.22. The van der Waals surface area contributed by atoms with Crippen LogP contribution in [0.4, 0.5) is 13.2 Å². The molecular weight excluding hydrogens is 285 g/mol. The van der Waals surface area contributed by atoms with Crippen LogP contribution in [0.1, 0.15) is 0 Å². The van der Waals surface area contributed by atoms with Gasteiger partial charge in [0.05, 0.1) is 5.33 Å². The number of ketones is 1. The molecule has 1 aliphatic heterocycles. The maximum atomic E-state index is 11.6. The number of alkyl halides is 4. The van der Waals surface area contributed by atoms with E-state index in [1.54, 1.807) is 0 Å². The van der Waals surface area contributed by atoms with Gasteiger partial charge in [-0.05, 0) is 0 Å². The van der Waals surface area contributed by atoms with Gasteiger partial charge in [0.25, 0.3) is 6.10 Å². The number of hydrogen-bond acceptors (Lipinski definition) is 4. The molecule has 0 aromatic carbocycles. The molecule has 84 valence electrons. The summed E-state index contributed by atoms with van der Waals surface area (Å²) in [5.41, 5.74) is 0.